The minimum absolute atomic E-state index is 0.0596. The van der Waals surface area contributed by atoms with Crippen LogP contribution < -0.4 is 10.1 Å². The monoisotopic (exact) mass is 305 g/mol. The van der Waals surface area contributed by atoms with E-state index in [-0.39, 0.29) is 31.6 Å². The molecule has 1 aromatic rings. The van der Waals surface area contributed by atoms with Crippen molar-refractivity contribution in [3.8, 4) is 5.75 Å². The van der Waals surface area contributed by atoms with Crippen molar-refractivity contribution in [3.63, 3.8) is 0 Å². The molecule has 0 aliphatic heterocycles. The van der Waals surface area contributed by atoms with E-state index in [0.717, 1.165) is 0 Å². The van der Waals surface area contributed by atoms with Crippen molar-refractivity contribution in [1.29, 1.82) is 0 Å². The Morgan fingerprint density at radius 1 is 1.42 bits per heavy atom. The molecule has 4 nitrogen and oxygen atoms in total. The van der Waals surface area contributed by atoms with E-state index < -0.39 is 0 Å². The Kier molecular flexibility index (Phi) is 6.99. The summed E-state index contributed by atoms with van der Waals surface area (Å²) >= 11 is 11.6. The summed E-state index contributed by atoms with van der Waals surface area (Å²) in [7, 11) is 0. The third-order valence-electron chi connectivity index (χ3n) is 2.57. The number of hydrogen-bond donors (Lipinski definition) is 2. The number of rotatable bonds is 7. The van der Waals surface area contributed by atoms with Crippen LogP contribution in [0.1, 0.15) is 19.8 Å². The van der Waals surface area contributed by atoms with Crippen LogP contribution in [0.4, 0.5) is 0 Å². The molecule has 0 spiro atoms. The highest BCUT2D eigenvalue weighted by molar-refractivity contribution is 6.42. The maximum Gasteiger partial charge on any atom is 0.223 e. The van der Waals surface area contributed by atoms with Gasteiger partial charge in [-0.1, -0.05) is 30.1 Å². The third kappa shape index (κ3) is 5.68. The van der Waals surface area contributed by atoms with Crippen molar-refractivity contribution in [3.05, 3.63) is 28.2 Å². The maximum atomic E-state index is 11.5. The zero-order chi connectivity index (χ0) is 14.3. The summed E-state index contributed by atoms with van der Waals surface area (Å²) in [6.07, 6.45) is 0.909. The highest BCUT2D eigenvalue weighted by atomic mass is 35.5. The average molecular weight is 306 g/mol. The second-order valence-electron chi connectivity index (χ2n) is 4.03. The van der Waals surface area contributed by atoms with Gasteiger partial charge >= 0.3 is 0 Å². The van der Waals surface area contributed by atoms with Crippen LogP contribution in [-0.4, -0.2) is 30.3 Å². The lowest BCUT2D eigenvalue weighted by Crippen LogP contribution is -2.37. The lowest BCUT2D eigenvalue weighted by atomic mass is 10.2. The van der Waals surface area contributed by atoms with Gasteiger partial charge in [-0.15, -0.1) is 0 Å². The minimum Gasteiger partial charge on any atom is -0.493 e. The number of ether oxygens (including phenoxy) is 1. The summed E-state index contributed by atoms with van der Waals surface area (Å²) in [6, 6.07) is 4.73. The topological polar surface area (TPSA) is 58.6 Å². The van der Waals surface area contributed by atoms with Gasteiger partial charge in [-0.25, -0.2) is 0 Å². The fourth-order valence-electron chi connectivity index (χ4n) is 1.40. The van der Waals surface area contributed by atoms with Gasteiger partial charge in [0.05, 0.1) is 35.7 Å². The van der Waals surface area contributed by atoms with E-state index in [9.17, 15) is 4.79 Å². The van der Waals surface area contributed by atoms with Crippen molar-refractivity contribution in [2.45, 2.75) is 25.8 Å². The fraction of sp³-hybridized carbons (Fsp3) is 0.462. The van der Waals surface area contributed by atoms with E-state index in [1.54, 1.807) is 18.2 Å². The minimum atomic E-state index is -0.197. The molecule has 0 aromatic heterocycles. The number of hydrogen-bond acceptors (Lipinski definition) is 3. The standard InChI is InChI=1S/C13H17Cl2NO3/c1-2-9(8-17)16-13(18)5-6-19-10-3-4-11(14)12(15)7-10/h3-4,7,9,17H,2,5-6,8H2,1H3,(H,16,18). The second-order valence-corrected chi connectivity index (χ2v) is 4.84. The summed E-state index contributed by atoms with van der Waals surface area (Å²) in [6.45, 7) is 2.08. The van der Waals surface area contributed by atoms with E-state index in [1.807, 2.05) is 6.92 Å². The zero-order valence-electron chi connectivity index (χ0n) is 10.7. The molecule has 0 saturated heterocycles. The van der Waals surface area contributed by atoms with Crippen LogP contribution in [0.25, 0.3) is 0 Å². The molecule has 1 aromatic carbocycles. The van der Waals surface area contributed by atoms with E-state index in [4.69, 9.17) is 33.0 Å². The van der Waals surface area contributed by atoms with Gasteiger partial charge in [0.1, 0.15) is 5.75 Å². The first-order valence-corrected chi connectivity index (χ1v) is 6.80. The second kappa shape index (κ2) is 8.25. The summed E-state index contributed by atoms with van der Waals surface area (Å²) in [4.78, 5) is 11.5. The molecule has 0 aliphatic rings. The third-order valence-corrected chi connectivity index (χ3v) is 3.31. The molecular weight excluding hydrogens is 289 g/mol. The molecule has 0 radical (unpaired) electrons. The first-order chi connectivity index (χ1) is 9.06. The molecule has 0 heterocycles. The quantitative estimate of drug-likeness (QED) is 0.814. The van der Waals surface area contributed by atoms with Gasteiger partial charge in [0.25, 0.3) is 0 Å². The van der Waals surface area contributed by atoms with Gasteiger partial charge in [0, 0.05) is 6.07 Å². The molecule has 6 heteroatoms. The number of aliphatic hydroxyl groups excluding tert-OH is 1. The molecule has 1 atom stereocenters. The lowest BCUT2D eigenvalue weighted by molar-refractivity contribution is -0.122. The van der Waals surface area contributed by atoms with E-state index >= 15 is 0 Å². The van der Waals surface area contributed by atoms with Crippen molar-refractivity contribution in [1.82, 2.24) is 5.32 Å². The predicted octanol–water partition coefficient (Wildman–Crippen LogP) is 2.65. The van der Waals surface area contributed by atoms with Gasteiger partial charge in [0.2, 0.25) is 5.91 Å². The Morgan fingerprint density at radius 3 is 2.74 bits per heavy atom. The largest absolute Gasteiger partial charge is 0.493 e. The number of halogens is 2. The predicted molar refractivity (Wildman–Crippen MR) is 75.9 cm³/mol. The Balaban J connectivity index is 2.33. The SMILES string of the molecule is CCC(CO)NC(=O)CCOc1ccc(Cl)c(Cl)c1. The van der Waals surface area contributed by atoms with Crippen LogP contribution >= 0.6 is 23.2 Å². The first kappa shape index (κ1) is 16.1. The highest BCUT2D eigenvalue weighted by Gasteiger charge is 2.09. The van der Waals surface area contributed by atoms with Crippen molar-refractivity contribution < 1.29 is 14.6 Å². The highest BCUT2D eigenvalue weighted by Crippen LogP contribution is 2.26. The first-order valence-electron chi connectivity index (χ1n) is 6.04. The van der Waals surface area contributed by atoms with Crippen LogP contribution in [0.5, 0.6) is 5.75 Å². The Hall–Kier alpha value is -0.970. The number of aliphatic hydroxyl groups is 1. The summed E-state index contributed by atoms with van der Waals surface area (Å²) in [5.74, 6) is 0.414. The van der Waals surface area contributed by atoms with E-state index in [1.165, 1.54) is 0 Å². The molecule has 1 amide bonds. The number of amides is 1. The van der Waals surface area contributed by atoms with E-state index in [2.05, 4.69) is 5.32 Å². The molecule has 0 aliphatic carbocycles. The van der Waals surface area contributed by atoms with Crippen LogP contribution in [0, 0.1) is 0 Å². The number of carbonyl (C=O) groups is 1. The smallest absolute Gasteiger partial charge is 0.223 e. The van der Waals surface area contributed by atoms with Crippen molar-refractivity contribution in [2.75, 3.05) is 13.2 Å². The van der Waals surface area contributed by atoms with Gasteiger partial charge in [-0.2, -0.15) is 0 Å². The molecule has 1 rings (SSSR count). The number of benzene rings is 1. The van der Waals surface area contributed by atoms with Crippen molar-refractivity contribution >= 4 is 29.1 Å². The summed E-state index contributed by atoms with van der Waals surface area (Å²) in [5, 5.41) is 12.5. The van der Waals surface area contributed by atoms with Crippen LogP contribution in [0.15, 0.2) is 18.2 Å². The maximum absolute atomic E-state index is 11.5. The van der Waals surface area contributed by atoms with Gasteiger partial charge in [-0.05, 0) is 18.6 Å². The van der Waals surface area contributed by atoms with E-state index in [0.29, 0.717) is 22.2 Å². The summed E-state index contributed by atoms with van der Waals surface area (Å²) < 4.78 is 5.39. The molecular formula is C13H17Cl2NO3. The molecule has 0 saturated carbocycles. The Morgan fingerprint density at radius 2 is 2.16 bits per heavy atom. The molecule has 0 bridgehead atoms. The molecule has 1 unspecified atom stereocenters. The fourth-order valence-corrected chi connectivity index (χ4v) is 1.69. The van der Waals surface area contributed by atoms with Gasteiger partial charge in [-0.3, -0.25) is 4.79 Å². The molecule has 106 valence electrons. The van der Waals surface area contributed by atoms with Gasteiger partial charge in [0.15, 0.2) is 0 Å². The normalized spacial score (nSPS) is 12.0. The lowest BCUT2D eigenvalue weighted by Gasteiger charge is -2.14. The number of carbonyl (C=O) groups excluding carboxylic acids is 1. The zero-order valence-corrected chi connectivity index (χ0v) is 12.2. The van der Waals surface area contributed by atoms with Gasteiger partial charge < -0.3 is 15.2 Å². The average Bonchev–Trinajstić information content (AvgIpc) is 2.40. The van der Waals surface area contributed by atoms with Crippen LogP contribution in [0.3, 0.4) is 0 Å². The Labute approximate surface area is 122 Å². The van der Waals surface area contributed by atoms with Crippen molar-refractivity contribution in [2.24, 2.45) is 0 Å². The molecule has 2 N–H and O–H groups in total. The summed E-state index contributed by atoms with van der Waals surface area (Å²) in [5.41, 5.74) is 0. The Bertz CT molecular complexity index is 422. The molecule has 19 heavy (non-hydrogen) atoms. The molecule has 0 fully saturated rings. The van der Waals surface area contributed by atoms with Crippen LogP contribution in [-0.2, 0) is 4.79 Å². The number of nitrogens with one attached hydrogen (secondary N) is 1. The van der Waals surface area contributed by atoms with Crippen LogP contribution in [0.2, 0.25) is 10.0 Å².